The first-order chi connectivity index (χ1) is 14.7. The third kappa shape index (κ3) is 4.95. The molecule has 5 unspecified atom stereocenters. The van der Waals surface area contributed by atoms with Crippen LogP contribution in [0, 0.1) is 0 Å². The summed E-state index contributed by atoms with van der Waals surface area (Å²) in [6.07, 6.45) is -6.94. The standard InChI is InChI=1S/C19H22N2O9S/c1-28-17(26)10-6-12(31-16(10)21-19(20)27)8-2-4-9(5-3-8)29-18-15(25)14(24)13(23)11(7-22)30-18/h2-6,11,13-15,18,22-25H,7H2,1H3,(H3,20,21,27). The highest BCUT2D eigenvalue weighted by atomic mass is 32.1. The number of primary amides is 1. The van der Waals surface area contributed by atoms with Gasteiger partial charge in [0, 0.05) is 4.88 Å². The van der Waals surface area contributed by atoms with E-state index < -0.39 is 49.3 Å². The molecule has 0 spiro atoms. The maximum Gasteiger partial charge on any atom is 0.340 e. The molecule has 2 heterocycles. The van der Waals surface area contributed by atoms with E-state index in [0.29, 0.717) is 10.4 Å². The van der Waals surface area contributed by atoms with Crippen LogP contribution in [0.4, 0.5) is 9.80 Å². The number of nitrogens with two attached hydrogens (primary N) is 1. The fourth-order valence-electron chi connectivity index (χ4n) is 3.00. The van der Waals surface area contributed by atoms with Gasteiger partial charge < -0.3 is 40.4 Å². The molecular formula is C19H22N2O9S. The summed E-state index contributed by atoms with van der Waals surface area (Å²) >= 11 is 1.12. The molecule has 7 N–H and O–H groups in total. The van der Waals surface area contributed by atoms with Gasteiger partial charge >= 0.3 is 12.0 Å². The molecule has 31 heavy (non-hydrogen) atoms. The number of hydrogen-bond donors (Lipinski definition) is 6. The smallest absolute Gasteiger partial charge is 0.340 e. The number of carbonyl (C=O) groups excluding carboxylic acids is 2. The van der Waals surface area contributed by atoms with E-state index in [0.717, 1.165) is 11.3 Å². The van der Waals surface area contributed by atoms with Crippen molar-refractivity contribution in [2.45, 2.75) is 30.7 Å². The van der Waals surface area contributed by atoms with Crippen LogP contribution in [-0.4, -0.2) is 76.8 Å². The number of hydrogen-bond acceptors (Lipinski definition) is 10. The van der Waals surface area contributed by atoms with E-state index in [1.54, 1.807) is 30.3 Å². The molecule has 0 radical (unpaired) electrons. The van der Waals surface area contributed by atoms with Crippen molar-refractivity contribution in [3.8, 4) is 16.2 Å². The van der Waals surface area contributed by atoms with Gasteiger partial charge in [-0.25, -0.2) is 9.59 Å². The van der Waals surface area contributed by atoms with Crippen LogP contribution >= 0.6 is 11.3 Å². The quantitative estimate of drug-likeness (QED) is 0.324. The van der Waals surface area contributed by atoms with Crippen LogP contribution in [0.3, 0.4) is 0 Å². The third-order valence-electron chi connectivity index (χ3n) is 4.61. The van der Waals surface area contributed by atoms with E-state index in [1.165, 1.54) is 7.11 Å². The number of benzene rings is 1. The summed E-state index contributed by atoms with van der Waals surface area (Å²) in [5.74, 6) is -0.345. The zero-order chi connectivity index (χ0) is 22.7. The van der Waals surface area contributed by atoms with Crippen molar-refractivity contribution < 1.29 is 44.2 Å². The Morgan fingerprint density at radius 3 is 2.42 bits per heavy atom. The first kappa shape index (κ1) is 22.9. The molecule has 0 bridgehead atoms. The van der Waals surface area contributed by atoms with Gasteiger partial charge in [-0.05, 0) is 35.9 Å². The SMILES string of the molecule is COC(=O)c1cc(-c2ccc(OC3OC(CO)C(O)C(O)C3O)cc2)sc1NC(N)=O. The lowest BCUT2D eigenvalue weighted by Crippen LogP contribution is -2.60. The van der Waals surface area contributed by atoms with Crippen LogP contribution in [0.5, 0.6) is 5.75 Å². The second-order valence-electron chi connectivity index (χ2n) is 6.67. The van der Waals surface area contributed by atoms with Crippen molar-refractivity contribution in [1.82, 2.24) is 0 Å². The molecule has 2 amide bonds. The van der Waals surface area contributed by atoms with Crippen LogP contribution in [0.15, 0.2) is 30.3 Å². The van der Waals surface area contributed by atoms with E-state index in [2.05, 4.69) is 5.32 Å². The molecule has 0 aliphatic carbocycles. The van der Waals surface area contributed by atoms with Gasteiger partial charge in [-0.3, -0.25) is 5.32 Å². The molecule has 1 saturated heterocycles. The summed E-state index contributed by atoms with van der Waals surface area (Å²) in [5, 5.41) is 41.6. The Labute approximate surface area is 180 Å². The predicted molar refractivity (Wildman–Crippen MR) is 109 cm³/mol. The number of rotatable bonds is 6. The van der Waals surface area contributed by atoms with Crippen LogP contribution in [0.25, 0.3) is 10.4 Å². The number of urea groups is 1. The van der Waals surface area contributed by atoms with E-state index >= 15 is 0 Å². The molecule has 1 aliphatic rings. The summed E-state index contributed by atoms with van der Waals surface area (Å²) in [6.45, 7) is -0.563. The number of aliphatic hydroxyl groups is 4. The van der Waals surface area contributed by atoms with Gasteiger partial charge in [0.2, 0.25) is 6.29 Å². The second-order valence-corrected chi connectivity index (χ2v) is 7.73. The van der Waals surface area contributed by atoms with Crippen molar-refractivity contribution in [2.24, 2.45) is 5.73 Å². The normalized spacial score (nSPS) is 25.6. The predicted octanol–water partition coefficient (Wildman–Crippen LogP) is -0.129. The third-order valence-corrected chi connectivity index (χ3v) is 5.71. The van der Waals surface area contributed by atoms with Crippen LogP contribution in [-0.2, 0) is 9.47 Å². The van der Waals surface area contributed by atoms with Crippen LogP contribution < -0.4 is 15.8 Å². The van der Waals surface area contributed by atoms with Gasteiger partial charge in [-0.15, -0.1) is 11.3 Å². The molecule has 0 saturated carbocycles. The van der Waals surface area contributed by atoms with Crippen LogP contribution in [0.1, 0.15) is 10.4 Å². The number of carbonyl (C=O) groups is 2. The number of esters is 1. The number of thiophene rings is 1. The summed E-state index contributed by atoms with van der Waals surface area (Å²) in [5.41, 5.74) is 5.99. The van der Waals surface area contributed by atoms with Crippen molar-refractivity contribution in [2.75, 3.05) is 19.0 Å². The first-order valence-electron chi connectivity index (χ1n) is 9.11. The Hall–Kier alpha value is -2.74. The molecule has 5 atom stereocenters. The fourth-order valence-corrected chi connectivity index (χ4v) is 4.05. The van der Waals surface area contributed by atoms with Gasteiger partial charge in [0.15, 0.2) is 0 Å². The molecular weight excluding hydrogens is 432 g/mol. The molecule has 2 aromatic rings. The minimum absolute atomic E-state index is 0.156. The molecule has 1 aromatic carbocycles. The van der Waals surface area contributed by atoms with E-state index in [1.807, 2.05) is 0 Å². The lowest BCUT2D eigenvalue weighted by Gasteiger charge is -2.39. The Morgan fingerprint density at radius 2 is 1.84 bits per heavy atom. The lowest BCUT2D eigenvalue weighted by atomic mass is 9.99. The molecule has 12 heteroatoms. The number of aliphatic hydroxyl groups excluding tert-OH is 4. The van der Waals surface area contributed by atoms with Gasteiger partial charge in [-0.1, -0.05) is 0 Å². The van der Waals surface area contributed by atoms with Crippen LogP contribution in [0.2, 0.25) is 0 Å². The molecule has 11 nitrogen and oxygen atoms in total. The van der Waals surface area contributed by atoms with Gasteiger partial charge in [0.1, 0.15) is 35.2 Å². The Bertz CT molecular complexity index is 931. The average molecular weight is 454 g/mol. The van der Waals surface area contributed by atoms with Gasteiger partial charge in [0.05, 0.1) is 19.3 Å². The van der Waals surface area contributed by atoms with E-state index in [9.17, 15) is 30.0 Å². The van der Waals surface area contributed by atoms with Crippen molar-refractivity contribution in [3.63, 3.8) is 0 Å². The zero-order valence-electron chi connectivity index (χ0n) is 16.3. The van der Waals surface area contributed by atoms with Gasteiger partial charge in [0.25, 0.3) is 0 Å². The number of methoxy groups -OCH3 is 1. The number of ether oxygens (including phenoxy) is 3. The summed E-state index contributed by atoms with van der Waals surface area (Å²) in [7, 11) is 1.22. The Kier molecular flexibility index (Phi) is 7.10. The molecule has 1 fully saturated rings. The van der Waals surface area contributed by atoms with E-state index in [4.69, 9.17) is 19.9 Å². The first-order valence-corrected chi connectivity index (χ1v) is 9.93. The summed E-state index contributed by atoms with van der Waals surface area (Å²) in [4.78, 5) is 23.8. The van der Waals surface area contributed by atoms with Crippen molar-refractivity contribution in [3.05, 3.63) is 35.9 Å². The van der Waals surface area contributed by atoms with E-state index in [-0.39, 0.29) is 16.3 Å². The number of amides is 2. The number of nitrogens with one attached hydrogen (secondary N) is 1. The maximum absolute atomic E-state index is 11.9. The van der Waals surface area contributed by atoms with Gasteiger partial charge in [-0.2, -0.15) is 0 Å². The zero-order valence-corrected chi connectivity index (χ0v) is 17.1. The monoisotopic (exact) mass is 454 g/mol. The molecule has 168 valence electrons. The minimum Gasteiger partial charge on any atom is -0.465 e. The summed E-state index contributed by atoms with van der Waals surface area (Å²) < 4.78 is 15.6. The molecule has 1 aliphatic heterocycles. The minimum atomic E-state index is -1.55. The molecule has 3 rings (SSSR count). The van der Waals surface area contributed by atoms with Crippen molar-refractivity contribution in [1.29, 1.82) is 0 Å². The topological polar surface area (TPSA) is 181 Å². The number of anilines is 1. The Balaban J connectivity index is 1.78. The second kappa shape index (κ2) is 9.60. The highest BCUT2D eigenvalue weighted by Gasteiger charge is 2.44. The van der Waals surface area contributed by atoms with Crippen molar-refractivity contribution >= 4 is 28.3 Å². The summed E-state index contributed by atoms with van der Waals surface area (Å²) in [6, 6.07) is 7.20. The Morgan fingerprint density at radius 1 is 1.16 bits per heavy atom. The molecule has 1 aromatic heterocycles. The average Bonchev–Trinajstić information content (AvgIpc) is 3.17. The fraction of sp³-hybridized carbons (Fsp3) is 0.368. The largest absolute Gasteiger partial charge is 0.465 e. The highest BCUT2D eigenvalue weighted by Crippen LogP contribution is 2.36. The highest BCUT2D eigenvalue weighted by molar-refractivity contribution is 7.20. The maximum atomic E-state index is 11.9. The lowest BCUT2D eigenvalue weighted by molar-refractivity contribution is -0.277.